The monoisotopic (exact) mass is 448 g/mol. The minimum absolute atomic E-state index is 0.0758. The number of nitrogens with zero attached hydrogens (tertiary/aromatic N) is 1. The first kappa shape index (κ1) is 22.9. The van der Waals surface area contributed by atoms with Gasteiger partial charge in [-0.15, -0.1) is 12.6 Å². The Bertz CT molecular complexity index is 556. The van der Waals surface area contributed by atoms with Gasteiger partial charge < -0.3 is 20.8 Å². The van der Waals surface area contributed by atoms with Crippen molar-refractivity contribution >= 4 is 11.8 Å². The second-order valence-electron chi connectivity index (χ2n) is 6.30. The van der Waals surface area contributed by atoms with Crippen molar-refractivity contribution in [1.82, 2.24) is 0 Å². The Morgan fingerprint density at radius 2 is 1.88 bits per heavy atom. The van der Waals surface area contributed by atoms with Gasteiger partial charge >= 0.3 is 23.2 Å². The molecule has 1 saturated heterocycles. The quantitative estimate of drug-likeness (QED) is 0.276. The fourth-order valence-electron chi connectivity index (χ4n) is 3.65. The van der Waals surface area contributed by atoms with Crippen molar-refractivity contribution < 1.29 is 43.9 Å². The summed E-state index contributed by atoms with van der Waals surface area (Å²) in [7, 11) is 0. The zero-order chi connectivity index (χ0) is 19.4. The van der Waals surface area contributed by atoms with Crippen LogP contribution in [0.2, 0.25) is 0 Å². The Labute approximate surface area is 165 Å². The summed E-state index contributed by atoms with van der Waals surface area (Å²) in [6.07, 6.45) is 9.87. The number of piperidine rings is 1. The Hall–Kier alpha value is -1.11. The van der Waals surface area contributed by atoms with Gasteiger partial charge in [0.05, 0.1) is 0 Å². The van der Waals surface area contributed by atoms with E-state index in [-0.39, 0.29) is 11.9 Å². The fourth-order valence-corrected chi connectivity index (χ4v) is 3.65. The molecule has 0 aromatic heterocycles. The number of aliphatic hydroxyl groups excluding tert-OH is 1. The molecule has 8 heteroatoms. The van der Waals surface area contributed by atoms with Gasteiger partial charge in [0.15, 0.2) is 0 Å². The molecule has 1 aromatic rings. The summed E-state index contributed by atoms with van der Waals surface area (Å²) < 4.78 is 8.26. The van der Waals surface area contributed by atoms with Crippen LogP contribution in [0.4, 0.5) is 5.69 Å². The van der Waals surface area contributed by atoms with Crippen LogP contribution >= 0.6 is 0 Å². The van der Waals surface area contributed by atoms with E-state index in [9.17, 15) is 10.2 Å². The molecule has 0 spiro atoms. The average Bonchev–Trinajstić information content (AvgIpc) is 2.72. The third-order valence-corrected chi connectivity index (χ3v) is 4.78. The van der Waals surface area contributed by atoms with Gasteiger partial charge in [-0.1, -0.05) is 67.7 Å². The summed E-state index contributed by atoms with van der Waals surface area (Å²) in [5.74, 6) is 0.791. The Morgan fingerprint density at radius 3 is 2.58 bits per heavy atom. The van der Waals surface area contributed by atoms with Gasteiger partial charge in [-0.25, -0.2) is 0 Å². The molecule has 0 bridgehead atoms. The van der Waals surface area contributed by atoms with Crippen LogP contribution in [-0.4, -0.2) is 40.9 Å². The van der Waals surface area contributed by atoms with E-state index in [0.717, 1.165) is 30.8 Å². The third kappa shape index (κ3) is 6.56. The minimum atomic E-state index is -0.117. The number of rotatable bonds is 0. The zero-order valence-electron chi connectivity index (χ0n) is 14.6. The summed E-state index contributed by atoms with van der Waals surface area (Å²) in [4.78, 5) is 0. The van der Waals surface area contributed by atoms with E-state index >= 15 is 0 Å². The normalized spacial score (nSPS) is 25.3. The van der Waals surface area contributed by atoms with Crippen molar-refractivity contribution in [2.75, 3.05) is 18.4 Å². The van der Waals surface area contributed by atoms with E-state index in [1.807, 2.05) is 18.2 Å². The molecular weight excluding hydrogens is 420 g/mol. The summed E-state index contributed by atoms with van der Waals surface area (Å²) in [5, 5.41) is 40.3. The van der Waals surface area contributed by atoms with Gasteiger partial charge in [0.2, 0.25) is 0 Å². The maximum atomic E-state index is 11.2. The Balaban J connectivity index is 0.000000219. The van der Waals surface area contributed by atoms with Gasteiger partial charge in [0, 0.05) is 18.3 Å². The number of hydrogen-bond acceptors (Lipinski definition) is 6. The second-order valence-corrected chi connectivity index (χ2v) is 6.30. The predicted octanol–water partition coefficient (Wildman–Crippen LogP) is 2.78. The van der Waals surface area contributed by atoms with Gasteiger partial charge in [-0.3, -0.25) is 10.5 Å². The number of benzene rings is 1. The maximum absolute atomic E-state index is 11.2. The molecular formula is C18H26MoN2O5-2. The summed E-state index contributed by atoms with van der Waals surface area (Å²) in [5.41, 5.74) is 1.72. The van der Waals surface area contributed by atoms with Crippen LogP contribution in [-0.2, 0) is 23.2 Å². The van der Waals surface area contributed by atoms with Crippen molar-refractivity contribution in [2.45, 2.75) is 44.2 Å². The van der Waals surface area contributed by atoms with Crippen LogP contribution in [0.5, 0.6) is 5.75 Å². The van der Waals surface area contributed by atoms with Crippen LogP contribution in [0.1, 0.15) is 37.7 Å². The Morgan fingerprint density at radius 1 is 1.15 bits per heavy atom. The van der Waals surface area contributed by atoms with Crippen molar-refractivity contribution in [1.29, 1.82) is 0 Å². The molecule has 0 amide bonds. The zero-order valence-corrected chi connectivity index (χ0v) is 16.6. The number of anilines is 1. The SMILES string of the molecule is OC1CCCC2CCC[N-]C12.OO.[O-]c1cccc2c1NCC=C2.[O]=[Mo]. The number of hydrogen-bond donors (Lipinski definition) is 4. The molecule has 146 valence electrons. The molecule has 26 heavy (non-hydrogen) atoms. The summed E-state index contributed by atoms with van der Waals surface area (Å²) in [6, 6.07) is 5.58. The first-order valence-electron chi connectivity index (χ1n) is 8.67. The van der Waals surface area contributed by atoms with E-state index in [1.54, 1.807) is 12.1 Å². The van der Waals surface area contributed by atoms with Crippen molar-refractivity contribution in [3.05, 3.63) is 35.2 Å². The number of fused-ring (bicyclic) bond motifs is 2. The molecule has 4 rings (SSSR count). The van der Waals surface area contributed by atoms with Gasteiger partial charge in [-0.2, -0.15) is 0 Å². The molecule has 1 aliphatic carbocycles. The summed E-state index contributed by atoms with van der Waals surface area (Å²) >= 11 is 0.700. The van der Waals surface area contributed by atoms with Crippen molar-refractivity contribution in [3.8, 4) is 5.75 Å². The molecule has 2 fully saturated rings. The topological polar surface area (TPSA) is 127 Å². The summed E-state index contributed by atoms with van der Waals surface area (Å²) in [6.45, 7) is 1.74. The number of para-hydroxylation sites is 1. The molecule has 0 radical (unpaired) electrons. The van der Waals surface area contributed by atoms with Gasteiger partial charge in [0.25, 0.3) is 0 Å². The van der Waals surface area contributed by atoms with Crippen LogP contribution < -0.4 is 10.4 Å². The van der Waals surface area contributed by atoms with Crippen LogP contribution in [0.3, 0.4) is 0 Å². The van der Waals surface area contributed by atoms with E-state index in [2.05, 4.69) is 10.6 Å². The fraction of sp³-hybridized carbons (Fsp3) is 0.556. The second kappa shape index (κ2) is 13.1. The van der Waals surface area contributed by atoms with E-state index in [1.165, 1.54) is 25.7 Å². The first-order valence-corrected chi connectivity index (χ1v) is 9.49. The molecule has 3 aliphatic rings. The Kier molecular flexibility index (Phi) is 11.6. The van der Waals surface area contributed by atoms with Crippen molar-refractivity contribution in [3.63, 3.8) is 0 Å². The molecule has 1 aromatic carbocycles. The first-order chi connectivity index (χ1) is 12.8. The molecule has 3 atom stereocenters. The van der Waals surface area contributed by atoms with E-state index < -0.39 is 0 Å². The van der Waals surface area contributed by atoms with Gasteiger partial charge in [0.1, 0.15) is 0 Å². The van der Waals surface area contributed by atoms with Gasteiger partial charge in [-0.05, 0) is 12.0 Å². The van der Waals surface area contributed by atoms with E-state index in [4.69, 9.17) is 13.9 Å². The molecule has 1 saturated carbocycles. The predicted molar refractivity (Wildman–Crippen MR) is 94.0 cm³/mol. The third-order valence-electron chi connectivity index (χ3n) is 4.78. The molecule has 2 aliphatic heterocycles. The van der Waals surface area contributed by atoms with E-state index in [0.29, 0.717) is 31.7 Å². The van der Waals surface area contributed by atoms with Crippen LogP contribution in [0.25, 0.3) is 11.4 Å². The number of nitrogens with one attached hydrogen (secondary N) is 1. The molecule has 7 nitrogen and oxygen atoms in total. The van der Waals surface area contributed by atoms with Crippen molar-refractivity contribution in [2.24, 2.45) is 5.92 Å². The molecule has 3 unspecified atom stereocenters. The standard InChI is InChI=1S/C9H16NO.C9H9NO.Mo.H2O2.O/c2*11-8-5-1-3-7-4-2-6-10-9(7)8;;1-2;/h7-9,11H,1-6H2;1-5,10-11H,6H2;;1-2H;/q-1;;;;/p-1. The van der Waals surface area contributed by atoms with Crippen LogP contribution in [0, 0.1) is 5.92 Å². The number of aliphatic hydroxyl groups is 1. The van der Waals surface area contributed by atoms with Crippen LogP contribution in [0.15, 0.2) is 24.3 Å². The average molecular weight is 446 g/mol. The molecule has 4 N–H and O–H groups in total. The molecule has 2 heterocycles.